The number of hydrogen-bond donors (Lipinski definition) is 0. The van der Waals surface area contributed by atoms with Crippen LogP contribution in [0, 0.1) is 48.5 Å². The van der Waals surface area contributed by atoms with Crippen LogP contribution in [0.3, 0.4) is 0 Å². The van der Waals surface area contributed by atoms with Gasteiger partial charge >= 0.3 is 0 Å². The molecule has 0 saturated carbocycles. The fourth-order valence-corrected chi connectivity index (χ4v) is 21.4. The summed E-state index contributed by atoms with van der Waals surface area (Å²) in [5, 5.41) is 34.0. The van der Waals surface area contributed by atoms with Crippen molar-refractivity contribution in [2.24, 2.45) is 0 Å². The zero-order chi connectivity index (χ0) is 92.6. The second-order valence-corrected chi connectivity index (χ2v) is 36.7. The molecule has 26 aromatic rings. The van der Waals surface area contributed by atoms with Gasteiger partial charge in [0.2, 0.25) is 0 Å². The minimum absolute atomic E-state index is 1.26. The Morgan fingerprint density at radius 3 is 0.599 bits per heavy atom. The van der Waals surface area contributed by atoms with E-state index in [1.807, 2.05) is 0 Å². The number of benzene rings is 26. The zero-order valence-electron chi connectivity index (χ0n) is 78.3. The fourth-order valence-electron chi connectivity index (χ4n) is 21.4. The molecule has 0 heterocycles. The average molecular weight is 1750 g/mol. The van der Waals surface area contributed by atoms with Gasteiger partial charge in [-0.2, -0.15) is 0 Å². The monoisotopic (exact) mass is 1750 g/mol. The second-order valence-electron chi connectivity index (χ2n) is 36.7. The van der Waals surface area contributed by atoms with Gasteiger partial charge in [0.1, 0.15) is 0 Å². The molecule has 650 valence electrons. The summed E-state index contributed by atoms with van der Waals surface area (Å²) in [4.78, 5) is 0. The molecular formula is C137H102. The number of rotatable bonds is 8. The fraction of sp³-hybridized carbons (Fsp3) is 0.0511. The second kappa shape index (κ2) is 37.3. The van der Waals surface area contributed by atoms with Gasteiger partial charge in [-0.25, -0.2) is 0 Å². The van der Waals surface area contributed by atoms with E-state index in [1.54, 1.807) is 0 Å². The normalized spacial score (nSPS) is 11.3. The predicted octanol–water partition coefficient (Wildman–Crippen LogP) is 38.9. The third-order valence-corrected chi connectivity index (χ3v) is 27.9. The molecule has 26 aromatic carbocycles. The van der Waals surface area contributed by atoms with Crippen molar-refractivity contribution in [1.82, 2.24) is 0 Å². The molecule has 0 fully saturated rings. The maximum atomic E-state index is 2.36. The van der Waals surface area contributed by atoms with Gasteiger partial charge in [0.15, 0.2) is 0 Å². The largest absolute Gasteiger partial charge is 0.0622 e. The van der Waals surface area contributed by atoms with E-state index in [4.69, 9.17) is 0 Å². The van der Waals surface area contributed by atoms with E-state index in [1.165, 1.54) is 268 Å². The lowest BCUT2D eigenvalue weighted by molar-refractivity contribution is 1.47. The Morgan fingerprint density at radius 2 is 0.285 bits per heavy atom. The van der Waals surface area contributed by atoms with Crippen molar-refractivity contribution in [3.05, 3.63) is 530 Å². The topological polar surface area (TPSA) is 0 Å². The lowest BCUT2D eigenvalue weighted by Gasteiger charge is -2.19. The van der Waals surface area contributed by atoms with Crippen LogP contribution in [0.15, 0.2) is 491 Å². The first-order valence-corrected chi connectivity index (χ1v) is 47.8. The summed E-state index contributed by atoms with van der Waals surface area (Å²) in [5.74, 6) is 0. The highest BCUT2D eigenvalue weighted by molar-refractivity contribution is 6.26. The first-order chi connectivity index (χ1) is 67.4. The molecule has 0 atom stereocenters. The first kappa shape index (κ1) is 85.6. The van der Waals surface area contributed by atoms with E-state index in [-0.39, 0.29) is 0 Å². The molecule has 0 aliphatic rings. The van der Waals surface area contributed by atoms with Crippen LogP contribution in [0.5, 0.6) is 0 Å². The quantitative estimate of drug-likeness (QED) is 0.133. The van der Waals surface area contributed by atoms with E-state index in [9.17, 15) is 0 Å². The van der Waals surface area contributed by atoms with Gasteiger partial charge in [0, 0.05) is 0 Å². The minimum Gasteiger partial charge on any atom is -0.0622 e. The van der Waals surface area contributed by atoms with Crippen molar-refractivity contribution < 1.29 is 0 Å². The van der Waals surface area contributed by atoms with Gasteiger partial charge in [-0.3, -0.25) is 0 Å². The van der Waals surface area contributed by atoms with Crippen molar-refractivity contribution in [2.75, 3.05) is 0 Å². The van der Waals surface area contributed by atoms with Crippen molar-refractivity contribution in [3.8, 4) is 89.0 Å². The number of aryl methyl sites for hydroxylation is 7. The third kappa shape index (κ3) is 16.4. The van der Waals surface area contributed by atoms with Crippen LogP contribution >= 0.6 is 0 Å². The Kier molecular flexibility index (Phi) is 23.3. The molecule has 26 rings (SSSR count). The lowest BCUT2D eigenvalue weighted by atomic mass is 9.84. The highest BCUT2D eigenvalue weighted by Gasteiger charge is 2.23. The maximum Gasteiger partial charge on any atom is -0.00261 e. The molecule has 137 heavy (non-hydrogen) atoms. The summed E-state index contributed by atoms with van der Waals surface area (Å²) in [6.07, 6.45) is 0. The van der Waals surface area contributed by atoms with Crippen LogP contribution in [0.1, 0.15) is 38.9 Å². The first-order valence-electron chi connectivity index (χ1n) is 47.8. The Bertz CT molecular complexity index is 9020. The summed E-state index contributed by atoms with van der Waals surface area (Å²) in [6, 6.07) is 178. The number of hydrogen-bond acceptors (Lipinski definition) is 0. The standard InChI is InChI=1S/C35H24.C28H22.C27H20.C25H18.C22H18/c1-23-14-19-32-33(20-23)35(29-18-16-25-9-3-5-11-27(25)22-29)31-13-7-6-12-30(31)34(32)28-17-15-24-8-2-4-10-26(24)21-28;1-19-14-16-21(17-15-19)27-23-10-3-5-12-25(23)28(22-9-7-8-20(2)18-22)26-13-6-4-11-24(26)27;1-19-16-17-24-25(18-19)27(21-12-6-3-7-13-21)23-15-9-8-14-22(23)26(24)20-10-4-2-5-11-20;1-17-21-10-4-6-12-23(21)25(24-13-7-5-11-22(17)24)20-15-14-18-8-2-3-9-19(18)16-20;1-15-12-13-20-21(14-15)16(2)18-10-6-7-11-19(18)22(20)17-8-4-3-5-9-17/h2-22H,1H3;3-18H,1-2H3;2-18H,1H3;2-16H,1H3;3-14H,1-2H3. The van der Waals surface area contributed by atoms with E-state index >= 15 is 0 Å². The molecule has 0 N–H and O–H groups in total. The SMILES string of the molecule is Cc1c2ccccc2c(-c2ccc3ccccc3c2)c2ccccc12.Cc1ccc(-c2c3ccccc3c(-c3cccc(C)c3)c3ccccc23)cc1.Cc1ccc2c(-c3ccc4ccccc4c3)c3ccccc3c(-c3ccc4ccccc4c3)c2c1.Cc1ccc2c(-c3ccccc3)c3ccccc3c(-c3ccccc3)c2c1.Cc1ccc2c(-c3ccccc3)c3ccccc3c(C)c2c1. The highest BCUT2D eigenvalue weighted by atomic mass is 14.3. The van der Waals surface area contributed by atoms with Crippen LogP contribution < -0.4 is 0 Å². The molecule has 0 bridgehead atoms. The van der Waals surface area contributed by atoms with Gasteiger partial charge in [-0.1, -0.05) is 501 Å². The third-order valence-electron chi connectivity index (χ3n) is 27.9. The smallest absolute Gasteiger partial charge is 0.00261 e. The van der Waals surface area contributed by atoms with Crippen molar-refractivity contribution in [1.29, 1.82) is 0 Å². The van der Waals surface area contributed by atoms with Crippen LogP contribution in [0.4, 0.5) is 0 Å². The van der Waals surface area contributed by atoms with Gasteiger partial charge in [-0.05, 0) is 307 Å². The van der Waals surface area contributed by atoms with E-state index in [2.05, 4.69) is 540 Å². The molecule has 0 saturated heterocycles. The molecule has 0 spiro atoms. The Balaban J connectivity index is 0.0000000999. The lowest BCUT2D eigenvalue weighted by Crippen LogP contribution is -1.92. The molecule has 0 nitrogen and oxygen atoms in total. The molecule has 0 radical (unpaired) electrons. The van der Waals surface area contributed by atoms with Crippen LogP contribution in [-0.4, -0.2) is 0 Å². The molecule has 0 aliphatic heterocycles. The molecule has 0 amide bonds. The van der Waals surface area contributed by atoms with E-state index in [0.717, 1.165) is 0 Å². The Morgan fingerprint density at radius 1 is 0.0949 bits per heavy atom. The van der Waals surface area contributed by atoms with Crippen molar-refractivity contribution in [2.45, 2.75) is 48.5 Å². The Hall–Kier alpha value is -16.9. The summed E-state index contributed by atoms with van der Waals surface area (Å²) < 4.78 is 0. The van der Waals surface area contributed by atoms with Gasteiger partial charge in [-0.15, -0.1) is 0 Å². The molecule has 0 heteroatoms. The minimum atomic E-state index is 1.26. The maximum absolute atomic E-state index is 2.36. The van der Waals surface area contributed by atoms with Crippen LogP contribution in [0.2, 0.25) is 0 Å². The molecule has 0 aliphatic carbocycles. The van der Waals surface area contributed by atoms with Gasteiger partial charge in [0.05, 0.1) is 0 Å². The Labute approximate surface area is 802 Å². The molecular weight excluding hydrogens is 1650 g/mol. The molecule has 0 aromatic heterocycles. The predicted molar refractivity (Wildman–Crippen MR) is 596 cm³/mol. The highest BCUT2D eigenvalue weighted by Crippen LogP contribution is 2.50. The van der Waals surface area contributed by atoms with Crippen molar-refractivity contribution >= 4 is 140 Å². The summed E-state index contributed by atoms with van der Waals surface area (Å²) in [5.41, 5.74) is 29.9. The van der Waals surface area contributed by atoms with Crippen LogP contribution in [0.25, 0.3) is 229 Å². The van der Waals surface area contributed by atoms with Crippen molar-refractivity contribution in [3.63, 3.8) is 0 Å². The zero-order valence-corrected chi connectivity index (χ0v) is 78.3. The van der Waals surface area contributed by atoms with Gasteiger partial charge in [0.25, 0.3) is 0 Å². The van der Waals surface area contributed by atoms with E-state index in [0.29, 0.717) is 0 Å². The molecule has 0 unspecified atom stereocenters. The summed E-state index contributed by atoms with van der Waals surface area (Å²) >= 11 is 0. The van der Waals surface area contributed by atoms with Crippen LogP contribution in [-0.2, 0) is 0 Å². The number of fused-ring (bicyclic) bond motifs is 13. The summed E-state index contributed by atoms with van der Waals surface area (Å²) in [7, 11) is 0. The average Bonchev–Trinajstić information content (AvgIpc) is 0.735. The summed E-state index contributed by atoms with van der Waals surface area (Å²) in [6.45, 7) is 15.3. The van der Waals surface area contributed by atoms with E-state index < -0.39 is 0 Å². The van der Waals surface area contributed by atoms with Gasteiger partial charge < -0.3 is 0 Å².